The summed E-state index contributed by atoms with van der Waals surface area (Å²) in [6.07, 6.45) is 9.13. The third-order valence-corrected chi connectivity index (χ3v) is 5.96. The average Bonchev–Trinajstić information content (AvgIpc) is 3.37. The molecule has 2 aromatic heterocycles. The minimum Gasteiger partial charge on any atom is -0.392 e. The Morgan fingerprint density at radius 3 is 1.81 bits per heavy atom. The maximum absolute atomic E-state index is 8.90. The van der Waals surface area contributed by atoms with Crippen LogP contribution in [0.15, 0.2) is 146 Å². The van der Waals surface area contributed by atoms with E-state index in [1.54, 1.807) is 17.0 Å². The zero-order valence-corrected chi connectivity index (χ0v) is 25.7. The molecular weight excluding hydrogens is 538 g/mol. The number of aliphatic hydroxyl groups excluding tert-OH is 1. The molecule has 5 aromatic rings. The number of hydrogen-bond donors (Lipinski definition) is 1. The number of aryl methyl sites for hydroxylation is 3. The maximum Gasteiger partial charge on any atom is 0.0736 e. The first kappa shape index (κ1) is 33.7. The van der Waals surface area contributed by atoms with Gasteiger partial charge in [-0.1, -0.05) is 133 Å². The second-order valence-corrected chi connectivity index (χ2v) is 9.92. The Hall–Kier alpha value is -4.51. The van der Waals surface area contributed by atoms with Crippen LogP contribution < -0.4 is 0 Å². The SMILES string of the molecule is C=C/C=C\C(=C)C.Cc1ccc(Cl)cc1.Cc1nn(C)cc1-c1ccc(CO)cn1.c1ccc(-c2ccccc2)cc1. The number of benzene rings is 3. The van der Waals surface area contributed by atoms with E-state index >= 15 is 0 Å². The van der Waals surface area contributed by atoms with Crippen LogP contribution in [0.3, 0.4) is 0 Å². The Morgan fingerprint density at radius 1 is 0.881 bits per heavy atom. The van der Waals surface area contributed by atoms with Crippen LogP contribution in [0.4, 0.5) is 0 Å². The highest BCUT2D eigenvalue weighted by atomic mass is 35.5. The van der Waals surface area contributed by atoms with Gasteiger partial charge in [-0.2, -0.15) is 5.10 Å². The third-order valence-electron chi connectivity index (χ3n) is 5.71. The topological polar surface area (TPSA) is 50.9 Å². The molecule has 5 rings (SSSR count). The minimum absolute atomic E-state index is 0.0271. The summed E-state index contributed by atoms with van der Waals surface area (Å²) >= 11 is 5.61. The van der Waals surface area contributed by atoms with Gasteiger partial charge >= 0.3 is 0 Å². The number of aromatic nitrogens is 3. The third kappa shape index (κ3) is 12.8. The average molecular weight is 578 g/mol. The molecule has 0 unspecified atom stereocenters. The lowest BCUT2D eigenvalue weighted by atomic mass is 10.1. The summed E-state index contributed by atoms with van der Waals surface area (Å²) in [5, 5.41) is 14.0. The van der Waals surface area contributed by atoms with Crippen LogP contribution in [0.5, 0.6) is 0 Å². The number of nitrogens with zero attached hydrogens (tertiary/aromatic N) is 3. The molecule has 0 bridgehead atoms. The van der Waals surface area contributed by atoms with E-state index in [9.17, 15) is 0 Å². The molecule has 0 aliphatic heterocycles. The fourth-order valence-corrected chi connectivity index (χ4v) is 3.68. The Labute approximate surface area is 256 Å². The van der Waals surface area contributed by atoms with Crippen molar-refractivity contribution in [1.82, 2.24) is 14.8 Å². The summed E-state index contributed by atoms with van der Waals surface area (Å²) in [4.78, 5) is 4.28. The largest absolute Gasteiger partial charge is 0.392 e. The van der Waals surface area contributed by atoms with Gasteiger partial charge < -0.3 is 5.11 Å². The predicted octanol–water partition coefficient (Wildman–Crippen LogP) is 9.59. The highest BCUT2D eigenvalue weighted by Crippen LogP contribution is 2.20. The van der Waals surface area contributed by atoms with Gasteiger partial charge in [0.15, 0.2) is 0 Å². The number of aliphatic hydroxyl groups is 1. The summed E-state index contributed by atoms with van der Waals surface area (Å²) in [5.41, 5.74) is 8.55. The van der Waals surface area contributed by atoms with E-state index < -0.39 is 0 Å². The second kappa shape index (κ2) is 18.8. The van der Waals surface area contributed by atoms with Crippen LogP contribution in [-0.4, -0.2) is 19.9 Å². The minimum atomic E-state index is 0.0271. The van der Waals surface area contributed by atoms with Crippen molar-refractivity contribution >= 4 is 11.6 Å². The Kier molecular flexibility index (Phi) is 15.1. The van der Waals surface area contributed by atoms with Gasteiger partial charge in [0.2, 0.25) is 0 Å². The lowest BCUT2D eigenvalue weighted by molar-refractivity contribution is 0.281. The highest BCUT2D eigenvalue weighted by molar-refractivity contribution is 6.30. The second-order valence-electron chi connectivity index (χ2n) is 9.48. The zero-order chi connectivity index (χ0) is 30.7. The monoisotopic (exact) mass is 577 g/mol. The molecule has 3 aromatic carbocycles. The van der Waals surface area contributed by atoms with Gasteiger partial charge in [-0.25, -0.2) is 0 Å². The van der Waals surface area contributed by atoms with E-state index in [0.29, 0.717) is 0 Å². The molecule has 0 fully saturated rings. The molecule has 5 heteroatoms. The van der Waals surface area contributed by atoms with E-state index in [0.717, 1.165) is 33.1 Å². The molecule has 1 N–H and O–H groups in total. The van der Waals surface area contributed by atoms with E-state index in [4.69, 9.17) is 16.7 Å². The van der Waals surface area contributed by atoms with Crippen molar-refractivity contribution in [1.29, 1.82) is 0 Å². The van der Waals surface area contributed by atoms with Gasteiger partial charge in [-0.15, -0.1) is 0 Å². The first-order valence-electron chi connectivity index (χ1n) is 13.6. The van der Waals surface area contributed by atoms with Crippen LogP contribution in [0.1, 0.15) is 23.7 Å². The van der Waals surface area contributed by atoms with E-state index in [1.807, 2.05) is 94.7 Å². The summed E-state index contributed by atoms with van der Waals surface area (Å²) in [5.74, 6) is 0. The van der Waals surface area contributed by atoms with Crippen molar-refractivity contribution < 1.29 is 5.11 Å². The predicted molar refractivity (Wildman–Crippen MR) is 179 cm³/mol. The highest BCUT2D eigenvalue weighted by Gasteiger charge is 2.06. The molecular formula is C37H40ClN3O. The molecule has 2 heterocycles. The van der Waals surface area contributed by atoms with Crippen molar-refractivity contribution in [2.45, 2.75) is 27.4 Å². The molecule has 0 saturated carbocycles. The van der Waals surface area contributed by atoms with Crippen molar-refractivity contribution in [3.05, 3.63) is 168 Å². The van der Waals surface area contributed by atoms with Gasteiger partial charge in [0.1, 0.15) is 0 Å². The van der Waals surface area contributed by atoms with Gasteiger partial charge in [-0.05, 0) is 55.7 Å². The molecule has 4 nitrogen and oxygen atoms in total. The first-order chi connectivity index (χ1) is 20.2. The quantitative estimate of drug-likeness (QED) is 0.212. The number of allylic oxidation sites excluding steroid dienone is 4. The summed E-state index contributed by atoms with van der Waals surface area (Å²) in [6.45, 7) is 13.1. The van der Waals surface area contributed by atoms with Crippen LogP contribution >= 0.6 is 11.6 Å². The molecule has 0 spiro atoms. The van der Waals surface area contributed by atoms with Crippen molar-refractivity contribution in [3.63, 3.8) is 0 Å². The Bertz CT molecular complexity index is 1450. The molecule has 0 saturated heterocycles. The van der Waals surface area contributed by atoms with Gasteiger partial charge in [0.25, 0.3) is 0 Å². The Morgan fingerprint density at radius 2 is 1.45 bits per heavy atom. The van der Waals surface area contributed by atoms with Crippen LogP contribution in [0.25, 0.3) is 22.4 Å². The van der Waals surface area contributed by atoms with E-state index in [2.05, 4.69) is 71.8 Å². The van der Waals surface area contributed by atoms with Crippen LogP contribution in [0, 0.1) is 13.8 Å². The molecule has 216 valence electrons. The summed E-state index contributed by atoms with van der Waals surface area (Å²) in [7, 11) is 1.89. The first-order valence-corrected chi connectivity index (χ1v) is 13.9. The standard InChI is InChI=1S/C12H10.C11H13N3O.C7H7Cl.C7H10/c1-3-7-11(8-4-1)12-9-5-2-6-10-12;1-8-10(6-14(2)13-8)11-4-3-9(7-15)5-12-11;1-6-2-4-7(8)5-3-6;1-4-5-6-7(2)3/h1-10H;3-6,15H,7H2,1-2H3;2-5H,1H3;4-6H,1-2H2,3H3/b;;;6-5-. The van der Waals surface area contributed by atoms with Gasteiger partial charge in [0, 0.05) is 30.0 Å². The number of hydrogen-bond acceptors (Lipinski definition) is 3. The van der Waals surface area contributed by atoms with Gasteiger partial charge in [-0.3, -0.25) is 9.67 Å². The molecule has 0 aliphatic carbocycles. The van der Waals surface area contributed by atoms with E-state index in [1.165, 1.54) is 16.7 Å². The zero-order valence-electron chi connectivity index (χ0n) is 24.9. The molecule has 0 aliphatic rings. The van der Waals surface area contributed by atoms with Crippen molar-refractivity contribution in [3.8, 4) is 22.4 Å². The fourth-order valence-electron chi connectivity index (χ4n) is 3.56. The molecule has 42 heavy (non-hydrogen) atoms. The lowest BCUT2D eigenvalue weighted by Crippen LogP contribution is -1.88. The number of halogens is 1. The van der Waals surface area contributed by atoms with Crippen LogP contribution in [0.2, 0.25) is 5.02 Å². The number of rotatable bonds is 5. The summed E-state index contributed by atoms with van der Waals surface area (Å²) < 4.78 is 1.77. The number of pyridine rings is 1. The Balaban J connectivity index is 0.000000205. The van der Waals surface area contributed by atoms with E-state index in [-0.39, 0.29) is 6.61 Å². The maximum atomic E-state index is 8.90. The lowest BCUT2D eigenvalue weighted by Gasteiger charge is -1.99. The van der Waals surface area contributed by atoms with Crippen molar-refractivity contribution in [2.24, 2.45) is 7.05 Å². The van der Waals surface area contributed by atoms with Crippen molar-refractivity contribution in [2.75, 3.05) is 0 Å². The molecule has 0 radical (unpaired) electrons. The van der Waals surface area contributed by atoms with Crippen LogP contribution in [-0.2, 0) is 13.7 Å². The summed E-state index contributed by atoms with van der Waals surface area (Å²) in [6, 6.07) is 32.3. The van der Waals surface area contributed by atoms with Gasteiger partial charge in [0.05, 0.1) is 18.0 Å². The molecule has 0 amide bonds. The smallest absolute Gasteiger partial charge is 0.0736 e. The molecule has 0 atom stereocenters. The fraction of sp³-hybridized carbons (Fsp3) is 0.135. The normalized spacial score (nSPS) is 9.86.